The van der Waals surface area contributed by atoms with E-state index >= 15 is 0 Å². The van der Waals surface area contributed by atoms with Crippen LogP contribution in [0.15, 0.2) is 35.2 Å². The Kier molecular flexibility index (Phi) is 4.96. The van der Waals surface area contributed by atoms with Gasteiger partial charge in [0.1, 0.15) is 0 Å². The molecule has 1 aromatic carbocycles. The highest BCUT2D eigenvalue weighted by atomic mass is 32.2. The van der Waals surface area contributed by atoms with E-state index in [1.54, 1.807) is 23.7 Å². The van der Waals surface area contributed by atoms with Gasteiger partial charge in [-0.2, -0.15) is 4.31 Å². The number of hydrogen-bond acceptors (Lipinski definition) is 5. The van der Waals surface area contributed by atoms with Crippen molar-refractivity contribution in [1.82, 2.24) is 9.79 Å². The highest BCUT2D eigenvalue weighted by Gasteiger charge is 2.30. The molecule has 0 saturated carbocycles. The van der Waals surface area contributed by atoms with Crippen LogP contribution >= 0.6 is 11.3 Å². The summed E-state index contributed by atoms with van der Waals surface area (Å²) in [5, 5.41) is 8.76. The Balaban J connectivity index is 1.85. The van der Waals surface area contributed by atoms with Gasteiger partial charge < -0.3 is 0 Å². The first-order valence-corrected chi connectivity index (χ1v) is 10.6. The van der Waals surface area contributed by atoms with Gasteiger partial charge >= 0.3 is 0 Å². The lowest BCUT2D eigenvalue weighted by molar-refractivity contribution is 0.0711. The molecule has 0 fully saturated rings. The fourth-order valence-electron chi connectivity index (χ4n) is 2.94. The Morgan fingerprint density at radius 2 is 1.88 bits per heavy atom. The minimum atomic E-state index is -3.59. The smallest absolute Gasteiger partial charge is 0.284 e. The van der Waals surface area contributed by atoms with Crippen molar-refractivity contribution in [2.24, 2.45) is 0 Å². The van der Waals surface area contributed by atoms with Gasteiger partial charge in [-0.05, 0) is 41.2 Å². The molecule has 0 saturated heterocycles. The molecule has 140 valence electrons. The van der Waals surface area contributed by atoms with Gasteiger partial charge in [-0.1, -0.05) is 32.9 Å². The van der Waals surface area contributed by atoms with E-state index in [9.17, 15) is 13.2 Å². The van der Waals surface area contributed by atoms with E-state index in [-0.39, 0.29) is 16.9 Å². The standard InChI is InChI=1S/C18H22N2O4S2/c1-18(2,3)13-4-6-14(7-5-13)26(23,24)20-9-8-12-10-15(17(21)19-22)25-16(12)11-20/h4-7,10,22H,8-9,11H2,1-3H3,(H,19,21). The van der Waals surface area contributed by atoms with Crippen molar-refractivity contribution < 1.29 is 18.4 Å². The summed E-state index contributed by atoms with van der Waals surface area (Å²) in [6.07, 6.45) is 0.545. The topological polar surface area (TPSA) is 86.7 Å². The monoisotopic (exact) mass is 394 g/mol. The number of sulfonamides is 1. The van der Waals surface area contributed by atoms with Crippen LogP contribution in [0.5, 0.6) is 0 Å². The summed E-state index contributed by atoms with van der Waals surface area (Å²) in [7, 11) is -3.59. The average Bonchev–Trinajstić information content (AvgIpc) is 3.03. The molecule has 0 bridgehead atoms. The molecule has 0 radical (unpaired) electrons. The summed E-state index contributed by atoms with van der Waals surface area (Å²) in [5.41, 5.74) is 3.62. The molecule has 0 unspecified atom stereocenters. The third-order valence-electron chi connectivity index (χ3n) is 4.53. The predicted octanol–water partition coefficient (Wildman–Crippen LogP) is 2.91. The zero-order chi connectivity index (χ0) is 19.1. The summed E-state index contributed by atoms with van der Waals surface area (Å²) in [5.74, 6) is -0.573. The van der Waals surface area contributed by atoms with Crippen molar-refractivity contribution in [2.45, 2.75) is 44.0 Å². The lowest BCUT2D eigenvalue weighted by atomic mass is 9.87. The van der Waals surface area contributed by atoms with Gasteiger partial charge in [-0.15, -0.1) is 11.3 Å². The number of carbonyl (C=O) groups excluding carboxylic acids is 1. The van der Waals surface area contributed by atoms with Gasteiger partial charge in [0.2, 0.25) is 10.0 Å². The molecule has 0 atom stereocenters. The summed E-state index contributed by atoms with van der Waals surface area (Å²) in [4.78, 5) is 13.1. The first-order chi connectivity index (χ1) is 12.1. The van der Waals surface area contributed by atoms with Crippen molar-refractivity contribution in [3.63, 3.8) is 0 Å². The molecule has 2 heterocycles. The van der Waals surface area contributed by atoms with Crippen molar-refractivity contribution in [3.8, 4) is 0 Å². The van der Waals surface area contributed by atoms with Gasteiger partial charge in [-0.25, -0.2) is 13.9 Å². The Labute approximate surface area is 157 Å². The van der Waals surface area contributed by atoms with E-state index in [0.29, 0.717) is 17.8 Å². The number of rotatable bonds is 3. The molecule has 2 aromatic rings. The molecule has 0 spiro atoms. The Morgan fingerprint density at radius 1 is 1.23 bits per heavy atom. The molecular formula is C18H22N2O4S2. The van der Waals surface area contributed by atoms with Crippen LogP contribution < -0.4 is 5.48 Å². The Bertz CT molecular complexity index is 925. The van der Waals surface area contributed by atoms with Crippen LogP contribution in [0.3, 0.4) is 0 Å². The number of hydrogen-bond donors (Lipinski definition) is 2. The van der Waals surface area contributed by atoms with Crippen molar-refractivity contribution in [1.29, 1.82) is 0 Å². The number of thiophene rings is 1. The zero-order valence-electron chi connectivity index (χ0n) is 14.9. The lowest BCUT2D eigenvalue weighted by Crippen LogP contribution is -2.35. The van der Waals surface area contributed by atoms with E-state index in [2.05, 4.69) is 20.8 Å². The molecule has 8 heteroatoms. The van der Waals surface area contributed by atoms with Crippen LogP contribution in [0.25, 0.3) is 0 Å². The van der Waals surface area contributed by atoms with E-state index in [0.717, 1.165) is 16.0 Å². The maximum absolute atomic E-state index is 13.0. The molecular weight excluding hydrogens is 372 g/mol. The van der Waals surface area contributed by atoms with Crippen LogP contribution in [0.4, 0.5) is 0 Å². The summed E-state index contributed by atoms with van der Waals surface area (Å²) < 4.78 is 27.4. The molecule has 0 aliphatic carbocycles. The summed E-state index contributed by atoms with van der Waals surface area (Å²) in [6.45, 7) is 6.86. The SMILES string of the molecule is CC(C)(C)c1ccc(S(=O)(=O)N2CCc3cc(C(=O)NO)sc3C2)cc1. The van der Waals surface area contributed by atoms with Crippen molar-refractivity contribution >= 4 is 27.3 Å². The lowest BCUT2D eigenvalue weighted by Gasteiger charge is -2.26. The van der Waals surface area contributed by atoms with E-state index in [1.807, 2.05) is 12.1 Å². The maximum Gasteiger partial charge on any atom is 0.284 e. The number of carbonyl (C=O) groups is 1. The maximum atomic E-state index is 13.0. The fraction of sp³-hybridized carbons (Fsp3) is 0.389. The van der Waals surface area contributed by atoms with E-state index in [1.165, 1.54) is 15.6 Å². The molecule has 2 N–H and O–H groups in total. The van der Waals surface area contributed by atoms with Gasteiger partial charge in [0.05, 0.1) is 9.77 Å². The molecule has 1 aliphatic heterocycles. The Hall–Kier alpha value is -1.74. The van der Waals surface area contributed by atoms with Crippen LogP contribution in [0.2, 0.25) is 0 Å². The molecule has 1 amide bonds. The molecule has 3 rings (SSSR count). The molecule has 6 nitrogen and oxygen atoms in total. The van der Waals surface area contributed by atoms with Gasteiger partial charge in [0.15, 0.2) is 0 Å². The third-order valence-corrected chi connectivity index (χ3v) is 7.55. The highest BCUT2D eigenvalue weighted by molar-refractivity contribution is 7.89. The minimum Gasteiger partial charge on any atom is -0.288 e. The number of nitrogens with one attached hydrogen (secondary N) is 1. The van der Waals surface area contributed by atoms with Crippen LogP contribution in [0.1, 0.15) is 46.4 Å². The molecule has 26 heavy (non-hydrogen) atoms. The summed E-state index contributed by atoms with van der Waals surface area (Å²) in [6, 6.07) is 8.75. The quantitative estimate of drug-likeness (QED) is 0.619. The first kappa shape index (κ1) is 19.0. The second-order valence-corrected chi connectivity index (χ2v) is 10.4. The van der Waals surface area contributed by atoms with Crippen LogP contribution in [0, 0.1) is 0 Å². The summed E-state index contributed by atoms with van der Waals surface area (Å²) >= 11 is 1.21. The number of fused-ring (bicyclic) bond motifs is 1. The van der Waals surface area contributed by atoms with Crippen LogP contribution in [-0.4, -0.2) is 30.4 Å². The molecule has 1 aliphatic rings. The number of nitrogens with zero attached hydrogens (tertiary/aromatic N) is 1. The highest BCUT2D eigenvalue weighted by Crippen LogP contribution is 2.31. The average molecular weight is 395 g/mol. The third kappa shape index (κ3) is 3.55. The first-order valence-electron chi connectivity index (χ1n) is 8.29. The largest absolute Gasteiger partial charge is 0.288 e. The van der Waals surface area contributed by atoms with E-state index in [4.69, 9.17) is 5.21 Å². The second-order valence-electron chi connectivity index (χ2n) is 7.36. The predicted molar refractivity (Wildman–Crippen MR) is 100 cm³/mol. The molecule has 1 aromatic heterocycles. The minimum absolute atomic E-state index is 0.0387. The van der Waals surface area contributed by atoms with Gasteiger partial charge in [0, 0.05) is 18.0 Å². The van der Waals surface area contributed by atoms with Crippen LogP contribution in [-0.2, 0) is 28.4 Å². The van der Waals surface area contributed by atoms with Crippen molar-refractivity contribution in [3.05, 3.63) is 51.2 Å². The zero-order valence-corrected chi connectivity index (χ0v) is 16.6. The van der Waals surface area contributed by atoms with Crippen molar-refractivity contribution in [2.75, 3.05) is 6.54 Å². The van der Waals surface area contributed by atoms with Gasteiger partial charge in [0.25, 0.3) is 5.91 Å². The fourth-order valence-corrected chi connectivity index (χ4v) is 5.55. The van der Waals surface area contributed by atoms with E-state index < -0.39 is 15.9 Å². The Morgan fingerprint density at radius 3 is 2.46 bits per heavy atom. The normalized spacial score (nSPS) is 15.5. The second kappa shape index (κ2) is 6.77. The number of hydroxylamine groups is 1. The van der Waals surface area contributed by atoms with Gasteiger partial charge in [-0.3, -0.25) is 10.0 Å². The number of benzene rings is 1. The number of amides is 1.